The van der Waals surface area contributed by atoms with E-state index in [1.165, 1.54) is 36.8 Å². The lowest BCUT2D eigenvalue weighted by Gasteiger charge is -2.20. The molecule has 3 nitrogen and oxygen atoms in total. The van der Waals surface area contributed by atoms with Crippen molar-refractivity contribution in [1.29, 1.82) is 0 Å². The van der Waals surface area contributed by atoms with E-state index in [0.29, 0.717) is 13.0 Å². The molecule has 3 heteroatoms. The number of amides is 1. The molecule has 1 amide bonds. The average Bonchev–Trinajstić information content (AvgIpc) is 2.57. The van der Waals surface area contributed by atoms with Crippen LogP contribution in [0.1, 0.15) is 56.6 Å². The Balaban J connectivity index is 1.85. The molecule has 0 fully saturated rings. The highest BCUT2D eigenvalue weighted by Crippen LogP contribution is 2.23. The monoisotopic (exact) mass is 315 g/mol. The molecule has 0 saturated carbocycles. The summed E-state index contributed by atoms with van der Waals surface area (Å²) in [7, 11) is 0. The van der Waals surface area contributed by atoms with Gasteiger partial charge in [0.2, 0.25) is 0 Å². The van der Waals surface area contributed by atoms with Crippen molar-refractivity contribution in [3.8, 4) is 5.75 Å². The summed E-state index contributed by atoms with van der Waals surface area (Å²) < 4.78 is 5.95. The molecular formula is C20H29NO2. The standard InChI is InChI=1S/C20H29NO2/c1-4-18(23-19-12-8-9-15(2)16(19)3)20(22)21-14-13-17-10-6-5-7-11-17/h8-10,12,18H,4-7,11,13-14H2,1-3H3,(H,21,22)/t18-/m0/s1. The highest BCUT2D eigenvalue weighted by molar-refractivity contribution is 5.81. The van der Waals surface area contributed by atoms with E-state index in [1.807, 2.05) is 26.0 Å². The van der Waals surface area contributed by atoms with Crippen LogP contribution in [-0.4, -0.2) is 18.6 Å². The van der Waals surface area contributed by atoms with Gasteiger partial charge in [-0.1, -0.05) is 30.7 Å². The van der Waals surface area contributed by atoms with Crippen molar-refractivity contribution in [3.63, 3.8) is 0 Å². The summed E-state index contributed by atoms with van der Waals surface area (Å²) >= 11 is 0. The SMILES string of the molecule is CC[C@H](Oc1cccc(C)c1C)C(=O)NCCC1=CCCCC1. The van der Waals surface area contributed by atoms with Crippen molar-refractivity contribution >= 4 is 5.91 Å². The van der Waals surface area contributed by atoms with Gasteiger partial charge >= 0.3 is 0 Å². The molecule has 0 bridgehead atoms. The van der Waals surface area contributed by atoms with Crippen LogP contribution in [0.5, 0.6) is 5.75 Å². The molecule has 1 N–H and O–H groups in total. The molecule has 0 radical (unpaired) electrons. The Bertz CT molecular complexity index is 563. The molecule has 0 unspecified atom stereocenters. The summed E-state index contributed by atoms with van der Waals surface area (Å²) in [6.07, 6.45) is 8.51. The molecule has 0 aliphatic heterocycles. The topological polar surface area (TPSA) is 38.3 Å². The third-order valence-electron chi connectivity index (χ3n) is 4.62. The molecule has 2 rings (SSSR count). The molecule has 0 heterocycles. The smallest absolute Gasteiger partial charge is 0.261 e. The third kappa shape index (κ3) is 5.12. The van der Waals surface area contributed by atoms with Gasteiger partial charge in [-0.25, -0.2) is 0 Å². The van der Waals surface area contributed by atoms with Crippen molar-refractivity contribution in [2.24, 2.45) is 0 Å². The maximum atomic E-state index is 12.4. The van der Waals surface area contributed by atoms with Crippen LogP contribution in [0.15, 0.2) is 29.8 Å². The number of nitrogens with one attached hydrogen (secondary N) is 1. The molecule has 0 saturated heterocycles. The first-order chi connectivity index (χ1) is 11.1. The summed E-state index contributed by atoms with van der Waals surface area (Å²) in [5.74, 6) is 0.798. The number of rotatable bonds is 7. The maximum Gasteiger partial charge on any atom is 0.261 e. The fourth-order valence-corrected chi connectivity index (χ4v) is 2.92. The first-order valence-corrected chi connectivity index (χ1v) is 8.80. The Labute approximate surface area is 140 Å². The molecular weight excluding hydrogens is 286 g/mol. The lowest BCUT2D eigenvalue weighted by atomic mass is 9.97. The van der Waals surface area contributed by atoms with Gasteiger partial charge < -0.3 is 10.1 Å². The Morgan fingerprint density at radius 1 is 1.30 bits per heavy atom. The number of aryl methyl sites for hydroxylation is 1. The zero-order valence-corrected chi connectivity index (χ0v) is 14.7. The summed E-state index contributed by atoms with van der Waals surface area (Å²) in [6.45, 7) is 6.78. The molecule has 1 aromatic rings. The van der Waals surface area contributed by atoms with Gasteiger partial charge in [0.1, 0.15) is 5.75 Å². The molecule has 0 spiro atoms. The minimum absolute atomic E-state index is 0.00943. The molecule has 0 aromatic heterocycles. The number of hydrogen-bond acceptors (Lipinski definition) is 2. The zero-order valence-electron chi connectivity index (χ0n) is 14.7. The zero-order chi connectivity index (χ0) is 16.7. The van der Waals surface area contributed by atoms with Crippen LogP contribution in [-0.2, 0) is 4.79 Å². The van der Waals surface area contributed by atoms with Crippen LogP contribution in [0.25, 0.3) is 0 Å². The van der Waals surface area contributed by atoms with E-state index in [9.17, 15) is 4.79 Å². The van der Waals surface area contributed by atoms with E-state index in [4.69, 9.17) is 4.74 Å². The Morgan fingerprint density at radius 3 is 2.83 bits per heavy atom. The fraction of sp³-hybridized carbons (Fsp3) is 0.550. The summed E-state index contributed by atoms with van der Waals surface area (Å²) in [6, 6.07) is 5.96. The molecule has 1 aromatic carbocycles. The molecule has 126 valence electrons. The van der Waals surface area contributed by atoms with E-state index < -0.39 is 6.10 Å². The van der Waals surface area contributed by atoms with E-state index in [1.54, 1.807) is 0 Å². The highest BCUT2D eigenvalue weighted by Gasteiger charge is 2.19. The van der Waals surface area contributed by atoms with E-state index in [-0.39, 0.29) is 5.91 Å². The van der Waals surface area contributed by atoms with Gasteiger partial charge in [0.05, 0.1) is 0 Å². The number of benzene rings is 1. The summed E-state index contributed by atoms with van der Waals surface area (Å²) in [5.41, 5.74) is 3.77. The number of allylic oxidation sites excluding steroid dienone is 1. The van der Waals surface area contributed by atoms with E-state index in [0.717, 1.165) is 17.7 Å². The largest absolute Gasteiger partial charge is 0.480 e. The maximum absolute atomic E-state index is 12.4. The van der Waals surface area contributed by atoms with Crippen molar-refractivity contribution in [2.45, 2.75) is 65.4 Å². The van der Waals surface area contributed by atoms with Gasteiger partial charge in [0.25, 0.3) is 5.91 Å². The van der Waals surface area contributed by atoms with Crippen LogP contribution < -0.4 is 10.1 Å². The number of hydrogen-bond donors (Lipinski definition) is 1. The second kappa shape index (κ2) is 8.76. The van der Waals surface area contributed by atoms with Crippen LogP contribution in [0.4, 0.5) is 0 Å². The van der Waals surface area contributed by atoms with Crippen LogP contribution in [0.2, 0.25) is 0 Å². The van der Waals surface area contributed by atoms with E-state index in [2.05, 4.69) is 24.4 Å². The Kier molecular flexibility index (Phi) is 6.69. The molecule has 1 aliphatic carbocycles. The molecule has 23 heavy (non-hydrogen) atoms. The van der Waals surface area contributed by atoms with Crippen LogP contribution in [0.3, 0.4) is 0 Å². The van der Waals surface area contributed by atoms with Crippen LogP contribution in [0, 0.1) is 13.8 Å². The Hall–Kier alpha value is -1.77. The van der Waals surface area contributed by atoms with Gasteiger partial charge in [-0.15, -0.1) is 0 Å². The average molecular weight is 315 g/mol. The number of carbonyl (C=O) groups excluding carboxylic acids is 1. The third-order valence-corrected chi connectivity index (χ3v) is 4.62. The van der Waals surface area contributed by atoms with E-state index >= 15 is 0 Å². The second-order valence-electron chi connectivity index (χ2n) is 6.36. The first kappa shape index (κ1) is 17.6. The van der Waals surface area contributed by atoms with Gasteiger partial charge in [-0.05, 0) is 69.6 Å². The van der Waals surface area contributed by atoms with Gasteiger partial charge in [0, 0.05) is 6.54 Å². The molecule has 1 atom stereocenters. The minimum Gasteiger partial charge on any atom is -0.480 e. The normalized spacial score (nSPS) is 15.7. The van der Waals surface area contributed by atoms with Gasteiger partial charge in [-0.2, -0.15) is 0 Å². The molecule has 1 aliphatic rings. The predicted molar refractivity (Wildman–Crippen MR) is 94.8 cm³/mol. The van der Waals surface area contributed by atoms with Gasteiger partial charge in [-0.3, -0.25) is 4.79 Å². The van der Waals surface area contributed by atoms with Crippen molar-refractivity contribution in [3.05, 3.63) is 41.0 Å². The number of carbonyl (C=O) groups is 1. The quantitative estimate of drug-likeness (QED) is 0.754. The fourth-order valence-electron chi connectivity index (χ4n) is 2.92. The predicted octanol–water partition coefficient (Wildman–Crippen LogP) is 4.47. The van der Waals surface area contributed by atoms with Crippen molar-refractivity contribution < 1.29 is 9.53 Å². The summed E-state index contributed by atoms with van der Waals surface area (Å²) in [5, 5.41) is 3.03. The van der Waals surface area contributed by atoms with Crippen molar-refractivity contribution in [2.75, 3.05) is 6.54 Å². The lowest BCUT2D eigenvalue weighted by molar-refractivity contribution is -0.128. The summed E-state index contributed by atoms with van der Waals surface area (Å²) in [4.78, 5) is 12.4. The number of ether oxygens (including phenoxy) is 1. The first-order valence-electron chi connectivity index (χ1n) is 8.80. The Morgan fingerprint density at radius 2 is 2.13 bits per heavy atom. The lowest BCUT2D eigenvalue weighted by Crippen LogP contribution is -2.38. The van der Waals surface area contributed by atoms with Crippen molar-refractivity contribution in [1.82, 2.24) is 5.32 Å². The van der Waals surface area contributed by atoms with Crippen LogP contribution >= 0.6 is 0 Å². The van der Waals surface area contributed by atoms with Gasteiger partial charge in [0.15, 0.2) is 6.10 Å². The highest BCUT2D eigenvalue weighted by atomic mass is 16.5. The second-order valence-corrected chi connectivity index (χ2v) is 6.36. The minimum atomic E-state index is -0.421.